The summed E-state index contributed by atoms with van der Waals surface area (Å²) in [4.78, 5) is 17.6. The van der Waals surface area contributed by atoms with Crippen LogP contribution in [0.4, 0.5) is 4.39 Å². The highest BCUT2D eigenvalue weighted by Crippen LogP contribution is 2.21. The van der Waals surface area contributed by atoms with E-state index < -0.39 is 0 Å². The molecule has 1 atom stereocenters. The Hall–Kier alpha value is -1.30. The molecule has 1 aromatic rings. The zero-order valence-corrected chi connectivity index (χ0v) is 14.3. The maximum atomic E-state index is 13.1. The average Bonchev–Trinajstić information content (AvgIpc) is 2.63. The molecule has 0 aliphatic carbocycles. The SMILES string of the molecule is O=C(c1ccc(F)cc1)C1CCCCN1CCCN1CCNCC1. The zero-order chi connectivity index (χ0) is 16.8. The van der Waals surface area contributed by atoms with E-state index >= 15 is 0 Å². The van der Waals surface area contributed by atoms with Gasteiger partial charge in [0.1, 0.15) is 5.82 Å². The monoisotopic (exact) mass is 333 g/mol. The Morgan fingerprint density at radius 1 is 1.08 bits per heavy atom. The molecule has 4 nitrogen and oxygen atoms in total. The van der Waals surface area contributed by atoms with E-state index in [9.17, 15) is 9.18 Å². The van der Waals surface area contributed by atoms with Crippen LogP contribution in [-0.2, 0) is 0 Å². The third-order valence-electron chi connectivity index (χ3n) is 5.17. The molecule has 0 bridgehead atoms. The van der Waals surface area contributed by atoms with E-state index in [4.69, 9.17) is 0 Å². The molecule has 2 aliphatic rings. The summed E-state index contributed by atoms with van der Waals surface area (Å²) in [6.45, 7) is 7.48. The van der Waals surface area contributed by atoms with Crippen LogP contribution in [0.5, 0.6) is 0 Å². The van der Waals surface area contributed by atoms with Crippen LogP contribution in [0.25, 0.3) is 0 Å². The molecule has 0 amide bonds. The molecule has 2 saturated heterocycles. The lowest BCUT2D eigenvalue weighted by Gasteiger charge is -2.35. The fourth-order valence-electron chi connectivity index (χ4n) is 3.79. The smallest absolute Gasteiger partial charge is 0.179 e. The Bertz CT molecular complexity index is 528. The summed E-state index contributed by atoms with van der Waals surface area (Å²) >= 11 is 0. The standard InChI is InChI=1S/C19H28FN3O/c20-17-7-5-16(6-8-17)19(24)18-4-1-2-12-23(18)13-3-11-22-14-9-21-10-15-22/h5-8,18,21H,1-4,9-15H2. The molecule has 5 heteroatoms. The molecule has 3 rings (SSSR count). The number of likely N-dealkylation sites (tertiary alicyclic amines) is 1. The zero-order valence-electron chi connectivity index (χ0n) is 14.3. The van der Waals surface area contributed by atoms with Crippen molar-refractivity contribution >= 4 is 5.78 Å². The van der Waals surface area contributed by atoms with Gasteiger partial charge in [0.25, 0.3) is 0 Å². The van der Waals surface area contributed by atoms with Crippen molar-refractivity contribution in [1.82, 2.24) is 15.1 Å². The molecule has 0 radical (unpaired) electrons. The number of rotatable bonds is 6. The second kappa shape index (κ2) is 8.70. The molecule has 2 aliphatic heterocycles. The first kappa shape index (κ1) is 17.5. The van der Waals surface area contributed by atoms with Gasteiger partial charge in [-0.2, -0.15) is 0 Å². The van der Waals surface area contributed by atoms with Gasteiger partial charge in [0.15, 0.2) is 5.78 Å². The highest BCUT2D eigenvalue weighted by molar-refractivity contribution is 6.00. The van der Waals surface area contributed by atoms with Crippen LogP contribution in [0.3, 0.4) is 0 Å². The van der Waals surface area contributed by atoms with Crippen molar-refractivity contribution in [2.24, 2.45) is 0 Å². The van der Waals surface area contributed by atoms with Gasteiger partial charge in [-0.15, -0.1) is 0 Å². The van der Waals surface area contributed by atoms with Gasteiger partial charge in [-0.3, -0.25) is 9.69 Å². The third kappa shape index (κ3) is 4.62. The topological polar surface area (TPSA) is 35.6 Å². The summed E-state index contributed by atoms with van der Waals surface area (Å²) in [6, 6.07) is 5.96. The number of nitrogens with zero attached hydrogens (tertiary/aromatic N) is 2. The lowest BCUT2D eigenvalue weighted by atomic mass is 9.94. The Morgan fingerprint density at radius 3 is 2.58 bits per heavy atom. The molecule has 2 fully saturated rings. The quantitative estimate of drug-likeness (QED) is 0.809. The summed E-state index contributed by atoms with van der Waals surface area (Å²) in [6.07, 6.45) is 4.30. The highest BCUT2D eigenvalue weighted by Gasteiger charge is 2.29. The Kier molecular flexibility index (Phi) is 6.35. The second-order valence-corrected chi connectivity index (χ2v) is 6.86. The lowest BCUT2D eigenvalue weighted by molar-refractivity contribution is 0.0733. The van der Waals surface area contributed by atoms with Gasteiger partial charge in [-0.25, -0.2) is 4.39 Å². The number of piperidine rings is 1. The van der Waals surface area contributed by atoms with Crippen LogP contribution < -0.4 is 5.32 Å². The largest absolute Gasteiger partial charge is 0.314 e. The summed E-state index contributed by atoms with van der Waals surface area (Å²) in [5.41, 5.74) is 0.635. The number of hydrogen-bond donors (Lipinski definition) is 1. The van der Waals surface area contributed by atoms with Crippen LogP contribution in [0.15, 0.2) is 24.3 Å². The lowest BCUT2D eigenvalue weighted by Crippen LogP contribution is -2.47. The van der Waals surface area contributed by atoms with Crippen molar-refractivity contribution in [3.05, 3.63) is 35.6 Å². The predicted molar refractivity (Wildman–Crippen MR) is 93.9 cm³/mol. The summed E-state index contributed by atoms with van der Waals surface area (Å²) in [7, 11) is 0. The number of ketones is 1. The minimum absolute atomic E-state index is 0.0350. The Morgan fingerprint density at radius 2 is 1.83 bits per heavy atom. The first-order chi connectivity index (χ1) is 11.7. The fraction of sp³-hybridized carbons (Fsp3) is 0.632. The van der Waals surface area contributed by atoms with Gasteiger partial charge in [0, 0.05) is 38.3 Å². The molecular formula is C19H28FN3O. The number of Topliss-reactive ketones (excluding diaryl/α,β-unsaturated/α-hetero) is 1. The molecule has 132 valence electrons. The Labute approximate surface area is 144 Å². The van der Waals surface area contributed by atoms with Crippen LogP contribution >= 0.6 is 0 Å². The van der Waals surface area contributed by atoms with Gasteiger partial charge in [-0.05, 0) is 56.6 Å². The molecule has 1 unspecified atom stereocenters. The second-order valence-electron chi connectivity index (χ2n) is 6.86. The van der Waals surface area contributed by atoms with Crippen LogP contribution in [-0.4, -0.2) is 67.4 Å². The number of benzene rings is 1. The molecule has 2 heterocycles. The van der Waals surface area contributed by atoms with Crippen LogP contribution in [0.2, 0.25) is 0 Å². The van der Waals surface area contributed by atoms with Crippen LogP contribution in [0, 0.1) is 5.82 Å². The van der Waals surface area contributed by atoms with Crippen molar-refractivity contribution in [1.29, 1.82) is 0 Å². The molecule has 0 saturated carbocycles. The highest BCUT2D eigenvalue weighted by atomic mass is 19.1. The predicted octanol–water partition coefficient (Wildman–Crippen LogP) is 2.16. The van der Waals surface area contributed by atoms with Crippen molar-refractivity contribution in [3.8, 4) is 0 Å². The van der Waals surface area contributed by atoms with Gasteiger partial charge >= 0.3 is 0 Å². The first-order valence-corrected chi connectivity index (χ1v) is 9.21. The van der Waals surface area contributed by atoms with Gasteiger partial charge in [0.05, 0.1) is 6.04 Å². The minimum Gasteiger partial charge on any atom is -0.314 e. The number of hydrogen-bond acceptors (Lipinski definition) is 4. The third-order valence-corrected chi connectivity index (χ3v) is 5.17. The fourth-order valence-corrected chi connectivity index (χ4v) is 3.79. The van der Waals surface area contributed by atoms with E-state index in [1.165, 1.54) is 18.6 Å². The van der Waals surface area contributed by atoms with Gasteiger partial charge < -0.3 is 10.2 Å². The molecule has 1 N–H and O–H groups in total. The molecular weight excluding hydrogens is 305 g/mol. The molecule has 1 aromatic carbocycles. The number of nitrogens with one attached hydrogen (secondary N) is 1. The normalized spacial score (nSPS) is 23.3. The Balaban J connectivity index is 1.54. The average molecular weight is 333 g/mol. The molecule has 0 aromatic heterocycles. The van der Waals surface area contributed by atoms with Gasteiger partial charge in [0.2, 0.25) is 0 Å². The number of carbonyl (C=O) groups excluding carboxylic acids is 1. The van der Waals surface area contributed by atoms with Crippen LogP contribution in [0.1, 0.15) is 36.0 Å². The van der Waals surface area contributed by atoms with E-state index in [1.807, 2.05) is 0 Å². The first-order valence-electron chi connectivity index (χ1n) is 9.21. The van der Waals surface area contributed by atoms with Crippen molar-refractivity contribution < 1.29 is 9.18 Å². The molecule has 0 spiro atoms. The summed E-state index contributed by atoms with van der Waals surface area (Å²) in [5, 5.41) is 3.38. The summed E-state index contributed by atoms with van der Waals surface area (Å²) in [5.74, 6) is -0.139. The number of carbonyl (C=O) groups is 1. The summed E-state index contributed by atoms with van der Waals surface area (Å²) < 4.78 is 13.1. The van der Waals surface area contributed by atoms with E-state index in [0.717, 1.165) is 65.1 Å². The van der Waals surface area contributed by atoms with Crippen molar-refractivity contribution in [3.63, 3.8) is 0 Å². The maximum Gasteiger partial charge on any atom is 0.179 e. The van der Waals surface area contributed by atoms with Crippen molar-refractivity contribution in [2.45, 2.75) is 31.7 Å². The van der Waals surface area contributed by atoms with E-state index in [1.54, 1.807) is 12.1 Å². The van der Waals surface area contributed by atoms with E-state index in [-0.39, 0.29) is 17.6 Å². The molecule has 24 heavy (non-hydrogen) atoms. The van der Waals surface area contributed by atoms with Gasteiger partial charge in [-0.1, -0.05) is 6.42 Å². The van der Waals surface area contributed by atoms with E-state index in [0.29, 0.717) is 5.56 Å². The number of piperazine rings is 1. The maximum absolute atomic E-state index is 13.1. The number of halogens is 1. The minimum atomic E-state index is -0.289. The van der Waals surface area contributed by atoms with Crippen molar-refractivity contribution in [2.75, 3.05) is 45.8 Å². The van der Waals surface area contributed by atoms with E-state index in [2.05, 4.69) is 15.1 Å².